The van der Waals surface area contributed by atoms with Gasteiger partial charge in [-0.3, -0.25) is 9.69 Å². The molecule has 7 nitrogen and oxygen atoms in total. The van der Waals surface area contributed by atoms with Crippen molar-refractivity contribution in [2.45, 2.75) is 44.8 Å². The number of fused-ring (bicyclic) bond motifs is 1. The minimum absolute atomic E-state index is 0.171. The van der Waals surface area contributed by atoms with Crippen LogP contribution < -0.4 is 5.69 Å². The topological polar surface area (TPSA) is 89.5 Å². The van der Waals surface area contributed by atoms with Crippen molar-refractivity contribution in [3.8, 4) is 0 Å². The summed E-state index contributed by atoms with van der Waals surface area (Å²) in [5.74, 6) is -0.240. The predicted octanol–water partition coefficient (Wildman–Crippen LogP) is 1.49. The van der Waals surface area contributed by atoms with E-state index in [0.29, 0.717) is 38.2 Å². The molecule has 2 N–H and O–H groups in total. The molecule has 0 unspecified atom stereocenters. The van der Waals surface area contributed by atoms with Gasteiger partial charge < -0.3 is 15.0 Å². The van der Waals surface area contributed by atoms with E-state index in [1.54, 1.807) is 17.9 Å². The average molecular weight is 396 g/mol. The summed E-state index contributed by atoms with van der Waals surface area (Å²) in [6, 6.07) is 10.1. The van der Waals surface area contributed by atoms with Crippen molar-refractivity contribution in [2.24, 2.45) is 0 Å². The Bertz CT molecular complexity index is 957. The Hall–Kier alpha value is -2.51. The van der Waals surface area contributed by atoms with E-state index in [9.17, 15) is 14.7 Å². The predicted molar refractivity (Wildman–Crippen MR) is 110 cm³/mol. The zero-order valence-corrected chi connectivity index (χ0v) is 16.9. The summed E-state index contributed by atoms with van der Waals surface area (Å²) in [4.78, 5) is 34.8. The molecule has 0 bridgehead atoms. The lowest BCUT2D eigenvalue weighted by molar-refractivity contribution is -0.0118. The largest absolute Gasteiger partial charge is 0.388 e. The fraction of sp³-hybridized carbons (Fsp3) is 0.500. The first-order chi connectivity index (χ1) is 13.9. The number of aromatic amines is 1. The fourth-order valence-corrected chi connectivity index (χ4v) is 4.50. The molecule has 0 spiro atoms. The van der Waals surface area contributed by atoms with Crippen molar-refractivity contribution >= 4 is 5.91 Å². The SMILES string of the molecule is Cc1cc(C(=O)N2CCC[C@](O)(CN3CCc4ccccc4C3)CC2)nc(=O)[nH]1. The van der Waals surface area contributed by atoms with Crippen LogP contribution in [0.2, 0.25) is 0 Å². The molecule has 29 heavy (non-hydrogen) atoms. The van der Waals surface area contributed by atoms with Crippen LogP contribution in [-0.4, -0.2) is 62.6 Å². The summed E-state index contributed by atoms with van der Waals surface area (Å²) in [5, 5.41) is 11.3. The number of benzene rings is 1. The van der Waals surface area contributed by atoms with Crippen LogP contribution in [0.1, 0.15) is 46.6 Å². The van der Waals surface area contributed by atoms with Gasteiger partial charge in [-0.25, -0.2) is 4.79 Å². The number of hydrogen-bond donors (Lipinski definition) is 2. The lowest BCUT2D eigenvalue weighted by atomic mass is 9.92. The highest BCUT2D eigenvalue weighted by atomic mass is 16.3. The van der Waals surface area contributed by atoms with Crippen LogP contribution in [0.25, 0.3) is 0 Å². The van der Waals surface area contributed by atoms with Gasteiger partial charge in [0.2, 0.25) is 0 Å². The van der Waals surface area contributed by atoms with Gasteiger partial charge in [-0.05, 0) is 49.8 Å². The number of hydrogen-bond acceptors (Lipinski definition) is 5. The van der Waals surface area contributed by atoms with E-state index in [-0.39, 0.29) is 11.6 Å². The molecular formula is C22H28N4O3. The molecule has 7 heteroatoms. The molecule has 2 aliphatic rings. The number of nitrogens with zero attached hydrogens (tertiary/aromatic N) is 3. The van der Waals surface area contributed by atoms with Gasteiger partial charge in [0.1, 0.15) is 5.69 Å². The fourth-order valence-electron chi connectivity index (χ4n) is 4.50. The van der Waals surface area contributed by atoms with Crippen LogP contribution in [0.5, 0.6) is 0 Å². The van der Waals surface area contributed by atoms with Gasteiger partial charge in [-0.15, -0.1) is 0 Å². The van der Waals surface area contributed by atoms with Crippen molar-refractivity contribution in [3.05, 3.63) is 63.3 Å². The second-order valence-corrected chi connectivity index (χ2v) is 8.35. The van der Waals surface area contributed by atoms with Crippen LogP contribution in [-0.2, 0) is 13.0 Å². The molecule has 154 valence electrons. The van der Waals surface area contributed by atoms with Crippen molar-refractivity contribution in [1.82, 2.24) is 19.8 Å². The van der Waals surface area contributed by atoms with Gasteiger partial charge in [0.05, 0.1) is 5.60 Å². The Morgan fingerprint density at radius 1 is 1.21 bits per heavy atom. The highest BCUT2D eigenvalue weighted by Gasteiger charge is 2.34. The maximum Gasteiger partial charge on any atom is 0.345 e. The van der Waals surface area contributed by atoms with Gasteiger partial charge in [-0.2, -0.15) is 4.98 Å². The second-order valence-electron chi connectivity index (χ2n) is 8.35. The van der Waals surface area contributed by atoms with Gasteiger partial charge >= 0.3 is 5.69 Å². The molecule has 0 saturated carbocycles. The van der Waals surface area contributed by atoms with E-state index in [2.05, 4.69) is 39.1 Å². The molecule has 4 rings (SSSR count). The molecule has 1 amide bonds. The number of aryl methyl sites for hydroxylation is 1. The quantitative estimate of drug-likeness (QED) is 0.821. The first kappa shape index (κ1) is 19.8. The molecule has 1 atom stereocenters. The number of β-amino-alcohol motifs (C(OH)–C–C–N with tert-alkyl or cyclic N) is 1. The van der Waals surface area contributed by atoms with E-state index in [1.807, 2.05) is 0 Å². The number of carbonyl (C=O) groups is 1. The summed E-state index contributed by atoms with van der Waals surface area (Å²) in [6.07, 6.45) is 2.93. The van der Waals surface area contributed by atoms with Crippen molar-refractivity contribution in [1.29, 1.82) is 0 Å². The van der Waals surface area contributed by atoms with E-state index in [4.69, 9.17) is 0 Å². The summed E-state index contributed by atoms with van der Waals surface area (Å²) < 4.78 is 0. The monoisotopic (exact) mass is 396 g/mol. The second kappa shape index (κ2) is 8.08. The molecule has 3 heterocycles. The van der Waals surface area contributed by atoms with Crippen LogP contribution in [0, 0.1) is 6.92 Å². The third kappa shape index (κ3) is 4.57. The number of aromatic nitrogens is 2. The minimum Gasteiger partial charge on any atom is -0.388 e. The molecule has 1 fully saturated rings. The lowest BCUT2D eigenvalue weighted by Gasteiger charge is -2.36. The lowest BCUT2D eigenvalue weighted by Crippen LogP contribution is -2.45. The van der Waals surface area contributed by atoms with Crippen LogP contribution in [0.4, 0.5) is 0 Å². The Labute approximate surface area is 170 Å². The van der Waals surface area contributed by atoms with Crippen LogP contribution in [0.15, 0.2) is 35.1 Å². The Balaban J connectivity index is 1.40. The normalized spacial score (nSPS) is 22.8. The molecule has 1 aromatic carbocycles. The summed E-state index contributed by atoms with van der Waals surface area (Å²) in [6.45, 7) is 5.18. The van der Waals surface area contributed by atoms with Crippen LogP contribution in [0.3, 0.4) is 0 Å². The van der Waals surface area contributed by atoms with E-state index in [1.165, 1.54) is 11.1 Å². The maximum atomic E-state index is 12.8. The highest BCUT2D eigenvalue weighted by Crippen LogP contribution is 2.27. The number of carbonyl (C=O) groups excluding carboxylic acids is 1. The number of nitrogens with one attached hydrogen (secondary N) is 1. The molecule has 1 saturated heterocycles. The van der Waals surface area contributed by atoms with Gasteiger partial charge in [0, 0.05) is 38.4 Å². The molecule has 2 aliphatic heterocycles. The maximum absolute atomic E-state index is 12.8. The zero-order valence-electron chi connectivity index (χ0n) is 16.9. The number of aliphatic hydroxyl groups is 1. The Kier molecular flexibility index (Phi) is 5.52. The summed E-state index contributed by atoms with van der Waals surface area (Å²) >= 11 is 0. The smallest absolute Gasteiger partial charge is 0.345 e. The van der Waals surface area contributed by atoms with Gasteiger partial charge in [0.15, 0.2) is 0 Å². The van der Waals surface area contributed by atoms with Crippen molar-refractivity contribution in [3.63, 3.8) is 0 Å². The van der Waals surface area contributed by atoms with E-state index < -0.39 is 11.3 Å². The van der Waals surface area contributed by atoms with E-state index in [0.717, 1.165) is 25.9 Å². The molecule has 0 radical (unpaired) electrons. The number of H-pyrrole nitrogens is 1. The number of rotatable bonds is 3. The summed E-state index contributed by atoms with van der Waals surface area (Å²) in [5.41, 5.74) is 2.20. The number of amides is 1. The standard InChI is InChI=1S/C22H28N4O3/c1-16-13-19(24-21(28)23-16)20(27)26-10-4-8-22(29,9-12-26)15-25-11-7-17-5-2-3-6-18(17)14-25/h2-3,5-6,13,29H,4,7-12,14-15H2,1H3,(H,23,24,28)/t22-/m1/s1. The third-order valence-electron chi connectivity index (χ3n) is 6.03. The molecular weight excluding hydrogens is 368 g/mol. The Morgan fingerprint density at radius 2 is 2.00 bits per heavy atom. The van der Waals surface area contributed by atoms with Crippen molar-refractivity contribution < 1.29 is 9.90 Å². The average Bonchev–Trinajstić information content (AvgIpc) is 2.88. The Morgan fingerprint density at radius 3 is 2.79 bits per heavy atom. The molecule has 1 aromatic heterocycles. The summed E-state index contributed by atoms with van der Waals surface area (Å²) in [7, 11) is 0. The van der Waals surface area contributed by atoms with Gasteiger partial charge in [-0.1, -0.05) is 24.3 Å². The molecule has 0 aliphatic carbocycles. The third-order valence-corrected chi connectivity index (χ3v) is 6.03. The first-order valence-corrected chi connectivity index (χ1v) is 10.3. The number of likely N-dealkylation sites (tertiary alicyclic amines) is 1. The van der Waals surface area contributed by atoms with E-state index >= 15 is 0 Å². The molecule has 2 aromatic rings. The highest BCUT2D eigenvalue weighted by molar-refractivity contribution is 5.92. The van der Waals surface area contributed by atoms with Gasteiger partial charge in [0.25, 0.3) is 5.91 Å². The van der Waals surface area contributed by atoms with Crippen molar-refractivity contribution in [2.75, 3.05) is 26.2 Å². The zero-order chi connectivity index (χ0) is 20.4. The minimum atomic E-state index is -0.807. The van der Waals surface area contributed by atoms with Crippen LogP contribution >= 0.6 is 0 Å². The first-order valence-electron chi connectivity index (χ1n) is 10.3.